The van der Waals surface area contributed by atoms with Crippen LogP contribution in [0.1, 0.15) is 31.6 Å². The van der Waals surface area contributed by atoms with E-state index >= 15 is 0 Å². The van der Waals surface area contributed by atoms with E-state index in [2.05, 4.69) is 43.5 Å². The molecular weight excluding hydrogens is 949 g/mol. The Morgan fingerprint density at radius 3 is 1.64 bits per heavy atom. The summed E-state index contributed by atoms with van der Waals surface area (Å²) >= 11 is 2.26. The first kappa shape index (κ1) is 53.2. The molecule has 0 aliphatic rings. The van der Waals surface area contributed by atoms with Gasteiger partial charge >= 0.3 is 0 Å². The second-order valence-electron chi connectivity index (χ2n) is 14.0. The van der Waals surface area contributed by atoms with E-state index in [-0.39, 0.29) is 42.9 Å². The van der Waals surface area contributed by atoms with Crippen LogP contribution in [0.3, 0.4) is 0 Å². The minimum atomic E-state index is -3.98. The highest BCUT2D eigenvalue weighted by atomic mass is 32.2. The first-order valence-electron chi connectivity index (χ1n) is 20.2. The number of nitro benzene ring substituents is 2. The van der Waals surface area contributed by atoms with Gasteiger partial charge in [-0.05, 0) is 64.3 Å². The van der Waals surface area contributed by atoms with Crippen LogP contribution in [0, 0.1) is 20.2 Å². The van der Waals surface area contributed by atoms with E-state index in [9.17, 15) is 37.1 Å². The van der Waals surface area contributed by atoms with Crippen LogP contribution < -0.4 is 33.7 Å². The predicted octanol–water partition coefficient (Wildman–Crippen LogP) is 8.53. The molecule has 0 radical (unpaired) electrons. The van der Waals surface area contributed by atoms with Crippen molar-refractivity contribution in [1.29, 1.82) is 0 Å². The number of aromatic nitrogens is 2. The van der Waals surface area contributed by atoms with Gasteiger partial charge in [-0.15, -0.1) is 11.3 Å². The third kappa shape index (κ3) is 14.8. The third-order valence-electron chi connectivity index (χ3n) is 9.18. The number of methoxy groups -OCH3 is 4. The molecule has 24 heteroatoms. The fourth-order valence-corrected chi connectivity index (χ4v) is 10.3. The van der Waals surface area contributed by atoms with Crippen LogP contribution in [-0.2, 0) is 26.6 Å². The van der Waals surface area contributed by atoms with Gasteiger partial charge in [0, 0.05) is 64.3 Å². The number of benzene rings is 4. The van der Waals surface area contributed by atoms with Gasteiger partial charge in [0.1, 0.15) is 0 Å². The van der Waals surface area contributed by atoms with E-state index < -0.39 is 29.9 Å². The van der Waals surface area contributed by atoms with Crippen molar-refractivity contribution in [3.05, 3.63) is 115 Å². The van der Waals surface area contributed by atoms with Gasteiger partial charge in [0.25, 0.3) is 31.4 Å². The summed E-state index contributed by atoms with van der Waals surface area (Å²) in [7, 11) is 1.78. The number of sulfonamides is 2. The molecule has 0 aliphatic carbocycles. The number of hydrogen-bond acceptors (Lipinski definition) is 18. The number of non-ortho nitro benzene ring substituents is 2. The van der Waals surface area contributed by atoms with E-state index in [0.717, 1.165) is 35.7 Å². The fourth-order valence-electron chi connectivity index (χ4n) is 6.00. The van der Waals surface area contributed by atoms with Crippen molar-refractivity contribution in [2.75, 3.05) is 65.1 Å². The SMILES string of the molecule is CCCN(C)Cc1sc(NS(=O)(=O)c2ccc(OC)c(OC)c2)nc1-c1cccc([N+](=O)[O-])c1.CCCNC.COc1ccc(S(=O)(=O)Nc2nc(-c3cccc([N+](=O)[O-])c3)cs2)cc1OC. The molecule has 3 N–H and O–H groups in total. The van der Waals surface area contributed by atoms with Gasteiger partial charge in [-0.1, -0.05) is 49.4 Å². The summed E-state index contributed by atoms with van der Waals surface area (Å²) in [4.78, 5) is 32.8. The molecule has 0 saturated carbocycles. The number of nitrogens with zero attached hydrogens (tertiary/aromatic N) is 5. The lowest BCUT2D eigenvalue weighted by molar-refractivity contribution is -0.385. The molecule has 0 unspecified atom stereocenters. The first-order chi connectivity index (χ1) is 31.9. The molecule has 6 rings (SSSR count). The Morgan fingerprint density at radius 1 is 0.672 bits per heavy atom. The van der Waals surface area contributed by atoms with Gasteiger partial charge in [0.05, 0.1) is 59.5 Å². The summed E-state index contributed by atoms with van der Waals surface area (Å²) in [5.74, 6) is 1.37. The number of anilines is 2. The van der Waals surface area contributed by atoms with Crippen molar-refractivity contribution in [3.8, 4) is 45.5 Å². The summed E-state index contributed by atoms with van der Waals surface area (Å²) in [6, 6.07) is 20.6. The molecule has 2 aromatic heterocycles. The number of ether oxygens (including phenoxy) is 4. The smallest absolute Gasteiger partial charge is 0.270 e. The molecule has 0 atom stereocenters. The van der Waals surface area contributed by atoms with Crippen LogP contribution in [-0.4, -0.2) is 97.2 Å². The average molecular weight is 1000 g/mol. The number of nitrogens with one attached hydrogen (secondary N) is 3. The minimum absolute atomic E-state index is 0.0121. The van der Waals surface area contributed by atoms with E-state index in [1.54, 1.807) is 29.6 Å². The van der Waals surface area contributed by atoms with Gasteiger partial charge in [-0.2, -0.15) is 0 Å². The van der Waals surface area contributed by atoms with Gasteiger partial charge in [-0.3, -0.25) is 29.7 Å². The topological polar surface area (TPSA) is 257 Å². The van der Waals surface area contributed by atoms with Crippen molar-refractivity contribution in [1.82, 2.24) is 20.2 Å². The predicted molar refractivity (Wildman–Crippen MR) is 260 cm³/mol. The molecule has 360 valence electrons. The molecule has 20 nitrogen and oxygen atoms in total. The van der Waals surface area contributed by atoms with Crippen LogP contribution in [0.2, 0.25) is 0 Å². The molecule has 0 fully saturated rings. The van der Waals surface area contributed by atoms with Crippen molar-refractivity contribution >= 4 is 64.4 Å². The van der Waals surface area contributed by atoms with Gasteiger partial charge < -0.3 is 29.2 Å². The summed E-state index contributed by atoms with van der Waals surface area (Å²) in [6.45, 7) is 6.70. The van der Waals surface area contributed by atoms with Gasteiger partial charge in [0.15, 0.2) is 33.3 Å². The van der Waals surface area contributed by atoms with Crippen molar-refractivity contribution < 1.29 is 45.6 Å². The van der Waals surface area contributed by atoms with Crippen LogP contribution in [0.4, 0.5) is 21.6 Å². The molecular formula is C43H52N8O12S4. The highest BCUT2D eigenvalue weighted by Crippen LogP contribution is 2.36. The Labute approximate surface area is 397 Å². The maximum absolute atomic E-state index is 13.1. The Hall–Kier alpha value is -6.44. The number of thiazole rings is 2. The summed E-state index contributed by atoms with van der Waals surface area (Å²) in [6.07, 6.45) is 2.18. The zero-order valence-corrected chi connectivity index (χ0v) is 41.2. The molecule has 0 spiro atoms. The summed E-state index contributed by atoms with van der Waals surface area (Å²) < 4.78 is 76.9. The molecule has 0 amide bonds. The molecule has 0 bridgehead atoms. The summed E-state index contributed by atoms with van der Waals surface area (Å²) in [5.41, 5.74) is 1.85. The second-order valence-corrected chi connectivity index (χ2v) is 19.3. The number of nitro groups is 2. The molecule has 6 aromatic rings. The van der Waals surface area contributed by atoms with Crippen LogP contribution >= 0.6 is 22.7 Å². The van der Waals surface area contributed by atoms with E-state index in [0.29, 0.717) is 40.6 Å². The highest BCUT2D eigenvalue weighted by Gasteiger charge is 2.23. The average Bonchev–Trinajstić information content (AvgIpc) is 3.95. The Bertz CT molecular complexity index is 2840. The van der Waals surface area contributed by atoms with Crippen LogP contribution in [0.15, 0.2) is 100 Å². The second kappa shape index (κ2) is 24.9. The third-order valence-corrected chi connectivity index (χ3v) is 13.8. The molecule has 2 heterocycles. The number of rotatable bonds is 20. The maximum Gasteiger partial charge on any atom is 0.270 e. The first-order valence-corrected chi connectivity index (χ1v) is 24.9. The molecule has 67 heavy (non-hydrogen) atoms. The van der Waals surface area contributed by atoms with Crippen molar-refractivity contribution in [2.24, 2.45) is 0 Å². The lowest BCUT2D eigenvalue weighted by Gasteiger charge is -2.14. The van der Waals surface area contributed by atoms with Crippen molar-refractivity contribution in [3.63, 3.8) is 0 Å². The Balaban J connectivity index is 0.000000269. The zero-order valence-electron chi connectivity index (χ0n) is 38.0. The monoisotopic (exact) mass is 1000 g/mol. The molecule has 4 aromatic carbocycles. The van der Waals surface area contributed by atoms with Crippen LogP contribution in [0.5, 0.6) is 23.0 Å². The van der Waals surface area contributed by atoms with Gasteiger partial charge in [-0.25, -0.2) is 26.8 Å². The largest absolute Gasteiger partial charge is 0.493 e. The van der Waals surface area contributed by atoms with Crippen molar-refractivity contribution in [2.45, 2.75) is 43.0 Å². The Kier molecular flexibility index (Phi) is 19.8. The lowest BCUT2D eigenvalue weighted by atomic mass is 10.1. The minimum Gasteiger partial charge on any atom is -0.493 e. The molecule has 0 aliphatic heterocycles. The Morgan fingerprint density at radius 2 is 1.18 bits per heavy atom. The fraction of sp³-hybridized carbons (Fsp3) is 0.302. The van der Waals surface area contributed by atoms with E-state index in [4.69, 9.17) is 18.9 Å². The lowest BCUT2D eigenvalue weighted by Crippen LogP contribution is -2.18. The normalized spacial score (nSPS) is 11.1. The molecule has 0 saturated heterocycles. The zero-order chi connectivity index (χ0) is 49.3. The van der Waals surface area contributed by atoms with Gasteiger partial charge in [0.2, 0.25) is 0 Å². The van der Waals surface area contributed by atoms with E-state index in [1.165, 1.54) is 107 Å². The number of hydrogen-bond donors (Lipinski definition) is 3. The van der Waals surface area contributed by atoms with E-state index in [1.807, 2.05) is 14.1 Å². The summed E-state index contributed by atoms with van der Waals surface area (Å²) in [5, 5.41) is 27.1. The highest BCUT2D eigenvalue weighted by molar-refractivity contribution is 7.93. The van der Waals surface area contributed by atoms with Crippen LogP contribution in [0.25, 0.3) is 22.5 Å². The quantitative estimate of drug-likeness (QED) is 0.0478. The maximum atomic E-state index is 13.1. The standard InChI is InChI=1S/C22H26N4O6S2.C17H15N3O6S2.C4H11N/c1-5-11-25(2)14-20-21(15-7-6-8-16(12-15)26(27)28)23-22(33-20)24-34(29,30)17-9-10-18(31-3)19(13-17)32-4;1-25-15-7-6-13(9-16(15)26-2)28(23,24)19-17-18-14(10-27-17)11-4-3-5-12(8-11)20(21)22;1-3-4-5-2/h6-10,12-13H,5,11,14H2,1-4H3,(H,23,24);3-10H,1-2H3,(H,18,19);5H,3-4H2,1-2H3.